The third kappa shape index (κ3) is 4.08. The molecule has 0 fully saturated rings. The number of rotatable bonds is 6. The zero-order chi connectivity index (χ0) is 21.2. The maximum absolute atomic E-state index is 13.1. The smallest absolute Gasteiger partial charge is 0.253 e. The number of thioether (sulfide) groups is 1. The monoisotopic (exact) mass is 449 g/mol. The largest absolute Gasteiger partial charge is 0.497 e. The van der Waals surface area contributed by atoms with E-state index in [9.17, 15) is 4.79 Å². The number of carbonyl (C=O) groups is 1. The van der Waals surface area contributed by atoms with Gasteiger partial charge in [-0.25, -0.2) is 9.99 Å². The summed E-state index contributed by atoms with van der Waals surface area (Å²) in [5, 5.41) is 6.23. The van der Waals surface area contributed by atoms with Crippen LogP contribution in [0, 0.1) is 0 Å². The highest BCUT2D eigenvalue weighted by atomic mass is 32.2. The molecule has 0 saturated carbocycles. The second kappa shape index (κ2) is 8.56. The first-order valence-corrected chi connectivity index (χ1v) is 11.6. The van der Waals surface area contributed by atoms with E-state index in [0.717, 1.165) is 37.3 Å². The number of nitrogens with zero attached hydrogens (tertiary/aromatic N) is 3. The molecule has 1 amide bonds. The fraction of sp³-hybridized carbons (Fsp3) is 0.174. The highest BCUT2D eigenvalue weighted by Gasteiger charge is 2.34. The van der Waals surface area contributed by atoms with Gasteiger partial charge >= 0.3 is 0 Å². The minimum atomic E-state index is -0.254. The van der Waals surface area contributed by atoms with Crippen LogP contribution in [-0.2, 0) is 4.79 Å². The number of carbonyl (C=O) groups excluding carboxylic acids is 1. The summed E-state index contributed by atoms with van der Waals surface area (Å²) in [5.74, 6) is 1.70. The van der Waals surface area contributed by atoms with Gasteiger partial charge in [0.2, 0.25) is 0 Å². The van der Waals surface area contributed by atoms with Gasteiger partial charge in [0.15, 0.2) is 4.34 Å². The molecule has 0 aliphatic carbocycles. The number of hydrogen-bond acceptors (Lipinski definition) is 7. The lowest BCUT2D eigenvalue weighted by Crippen LogP contribution is -2.28. The van der Waals surface area contributed by atoms with Crippen molar-refractivity contribution in [2.24, 2.45) is 5.10 Å². The van der Waals surface area contributed by atoms with Crippen molar-refractivity contribution in [1.29, 1.82) is 0 Å². The van der Waals surface area contributed by atoms with Gasteiger partial charge in [-0.15, -0.1) is 11.3 Å². The number of thiazole rings is 1. The molecule has 1 atom stereocenters. The lowest BCUT2D eigenvalue weighted by Gasteiger charge is -2.19. The van der Waals surface area contributed by atoms with Gasteiger partial charge in [0, 0.05) is 6.42 Å². The van der Waals surface area contributed by atoms with Gasteiger partial charge in [-0.1, -0.05) is 23.9 Å². The lowest BCUT2D eigenvalue weighted by molar-refractivity contribution is -0.130. The molecule has 2 aromatic carbocycles. The summed E-state index contributed by atoms with van der Waals surface area (Å²) < 4.78 is 12.9. The topological polar surface area (TPSA) is 67.9 Å². The van der Waals surface area contributed by atoms with Gasteiger partial charge in [0.1, 0.15) is 17.6 Å². The predicted octanol–water partition coefficient (Wildman–Crippen LogP) is 5.37. The van der Waals surface area contributed by atoms with Crippen molar-refractivity contribution in [3.63, 3.8) is 0 Å². The van der Waals surface area contributed by atoms with Crippen LogP contribution in [0.4, 0.5) is 0 Å². The Morgan fingerprint density at radius 3 is 2.77 bits per heavy atom. The van der Waals surface area contributed by atoms with Crippen LogP contribution < -0.4 is 4.74 Å². The number of hydrogen-bond donors (Lipinski definition) is 0. The Kier molecular flexibility index (Phi) is 5.48. The van der Waals surface area contributed by atoms with Crippen LogP contribution in [0.15, 0.2) is 80.8 Å². The van der Waals surface area contributed by atoms with E-state index in [1.54, 1.807) is 29.7 Å². The van der Waals surface area contributed by atoms with E-state index in [0.29, 0.717) is 6.42 Å². The lowest BCUT2D eigenvalue weighted by atomic mass is 10.0. The molecular formula is C23H19N3O3S2. The van der Waals surface area contributed by atoms with E-state index < -0.39 is 0 Å². The van der Waals surface area contributed by atoms with E-state index in [4.69, 9.17) is 9.15 Å². The maximum Gasteiger partial charge on any atom is 0.253 e. The minimum absolute atomic E-state index is 0.0748. The van der Waals surface area contributed by atoms with Crippen LogP contribution in [0.3, 0.4) is 0 Å². The average Bonchev–Trinajstić information content (AvgIpc) is 3.56. The maximum atomic E-state index is 13.1. The van der Waals surface area contributed by atoms with Crippen LogP contribution >= 0.6 is 23.1 Å². The van der Waals surface area contributed by atoms with Crippen molar-refractivity contribution in [1.82, 2.24) is 9.99 Å². The zero-order valence-electron chi connectivity index (χ0n) is 16.7. The van der Waals surface area contributed by atoms with Crippen molar-refractivity contribution in [2.75, 3.05) is 12.9 Å². The van der Waals surface area contributed by atoms with E-state index in [2.05, 4.69) is 10.1 Å². The number of para-hydroxylation sites is 1. The normalized spacial score (nSPS) is 16.0. The summed E-state index contributed by atoms with van der Waals surface area (Å²) in [5.41, 5.74) is 2.77. The SMILES string of the molecule is COc1ccc(C2=NN(C(=O)CSc3nc4ccccc4s3)[C@@H](c3ccco3)C2)cc1. The number of benzene rings is 2. The molecule has 0 saturated heterocycles. The van der Waals surface area contributed by atoms with E-state index in [-0.39, 0.29) is 17.7 Å². The Labute approximate surface area is 187 Å². The number of methoxy groups -OCH3 is 1. The minimum Gasteiger partial charge on any atom is -0.497 e. The van der Waals surface area contributed by atoms with Gasteiger partial charge in [0.25, 0.3) is 5.91 Å². The second-order valence-electron chi connectivity index (χ2n) is 6.99. The number of aromatic nitrogens is 1. The van der Waals surface area contributed by atoms with Crippen molar-refractivity contribution in [3.8, 4) is 5.75 Å². The summed E-state index contributed by atoms with van der Waals surface area (Å²) in [6.07, 6.45) is 2.22. The molecule has 5 rings (SSSR count). The van der Waals surface area contributed by atoms with Crippen molar-refractivity contribution < 1.29 is 13.9 Å². The molecule has 1 aliphatic rings. The van der Waals surface area contributed by atoms with Crippen LogP contribution in [0.1, 0.15) is 23.8 Å². The van der Waals surface area contributed by atoms with Gasteiger partial charge < -0.3 is 9.15 Å². The molecule has 4 aromatic rings. The quantitative estimate of drug-likeness (QED) is 0.370. The second-order valence-corrected chi connectivity index (χ2v) is 9.24. The number of hydrazone groups is 1. The standard InChI is InChI=1S/C23H19N3O3S2/c1-28-16-10-8-15(9-11-16)18-13-19(20-6-4-12-29-20)26(25-18)22(27)14-30-23-24-17-5-2-3-7-21(17)31-23/h2-12,19H,13-14H2,1H3/t19-/m1/s1. The van der Waals surface area contributed by atoms with E-state index >= 15 is 0 Å². The molecule has 0 spiro atoms. The molecule has 0 radical (unpaired) electrons. The predicted molar refractivity (Wildman–Crippen MR) is 123 cm³/mol. The Balaban J connectivity index is 1.36. The third-order valence-corrected chi connectivity index (χ3v) is 7.22. The molecule has 1 aliphatic heterocycles. The molecule has 156 valence electrons. The van der Waals surface area contributed by atoms with E-state index in [1.165, 1.54) is 11.8 Å². The Hall–Kier alpha value is -3.10. The third-order valence-electron chi connectivity index (χ3n) is 5.05. The van der Waals surface area contributed by atoms with Gasteiger partial charge in [-0.2, -0.15) is 5.10 Å². The Morgan fingerprint density at radius 1 is 1.19 bits per heavy atom. The van der Waals surface area contributed by atoms with Crippen molar-refractivity contribution in [2.45, 2.75) is 16.8 Å². The molecule has 0 bridgehead atoms. The van der Waals surface area contributed by atoms with Gasteiger partial charge in [0.05, 0.1) is 35.1 Å². The van der Waals surface area contributed by atoms with Gasteiger partial charge in [-0.05, 0) is 54.1 Å². The molecule has 31 heavy (non-hydrogen) atoms. The van der Waals surface area contributed by atoms with E-state index in [1.807, 2.05) is 60.7 Å². The average molecular weight is 450 g/mol. The highest BCUT2D eigenvalue weighted by molar-refractivity contribution is 8.01. The Bertz CT molecular complexity index is 1200. The first-order chi connectivity index (χ1) is 15.2. The number of fused-ring (bicyclic) bond motifs is 1. The summed E-state index contributed by atoms with van der Waals surface area (Å²) in [6, 6.07) is 19.2. The van der Waals surface area contributed by atoms with Crippen LogP contribution in [0.2, 0.25) is 0 Å². The summed E-state index contributed by atoms with van der Waals surface area (Å²) >= 11 is 3.04. The Morgan fingerprint density at radius 2 is 2.03 bits per heavy atom. The molecule has 3 heterocycles. The number of furan rings is 1. The van der Waals surface area contributed by atoms with Gasteiger partial charge in [-0.3, -0.25) is 4.79 Å². The summed E-state index contributed by atoms with van der Waals surface area (Å²) in [4.78, 5) is 17.7. The molecular weight excluding hydrogens is 430 g/mol. The highest BCUT2D eigenvalue weighted by Crippen LogP contribution is 2.35. The fourth-order valence-electron chi connectivity index (χ4n) is 3.50. The fourth-order valence-corrected chi connectivity index (χ4v) is 5.42. The van der Waals surface area contributed by atoms with Crippen LogP contribution in [0.5, 0.6) is 5.75 Å². The number of amides is 1. The summed E-state index contributed by atoms with van der Waals surface area (Å²) in [6.45, 7) is 0. The molecule has 6 nitrogen and oxygen atoms in total. The van der Waals surface area contributed by atoms with Crippen molar-refractivity contribution in [3.05, 3.63) is 78.3 Å². The number of ether oxygens (including phenoxy) is 1. The molecule has 2 aromatic heterocycles. The first-order valence-electron chi connectivity index (χ1n) is 9.77. The first kappa shape index (κ1) is 19.8. The summed E-state index contributed by atoms with van der Waals surface area (Å²) in [7, 11) is 1.64. The zero-order valence-corrected chi connectivity index (χ0v) is 18.4. The van der Waals surface area contributed by atoms with Crippen LogP contribution in [0.25, 0.3) is 10.2 Å². The van der Waals surface area contributed by atoms with Crippen molar-refractivity contribution >= 4 is 44.9 Å². The molecule has 0 N–H and O–H groups in total. The molecule has 0 unspecified atom stereocenters. The molecule has 8 heteroatoms. The van der Waals surface area contributed by atoms with Crippen LogP contribution in [-0.4, -0.2) is 34.5 Å².